The van der Waals surface area contributed by atoms with Gasteiger partial charge in [0, 0.05) is 16.1 Å². The van der Waals surface area contributed by atoms with E-state index in [2.05, 4.69) is 0 Å². The topological polar surface area (TPSA) is 76.1 Å². The lowest BCUT2D eigenvalue weighted by molar-refractivity contribution is -0.136. The number of para-hydroxylation sites is 1. The van der Waals surface area contributed by atoms with Gasteiger partial charge in [-0.2, -0.15) is 0 Å². The van der Waals surface area contributed by atoms with Crippen molar-refractivity contribution < 1.29 is 24.2 Å². The van der Waals surface area contributed by atoms with E-state index in [1.807, 2.05) is 18.2 Å². The van der Waals surface area contributed by atoms with E-state index in [4.69, 9.17) is 21.1 Å². The van der Waals surface area contributed by atoms with Crippen molar-refractivity contribution >= 4 is 29.0 Å². The number of Topliss-reactive ketones (excluding diaryl/α,β-unsaturated/α-hetero) is 1. The zero-order valence-electron chi connectivity index (χ0n) is 17.1. The second kappa shape index (κ2) is 7.97. The number of rotatable bonds is 5. The molecule has 2 aliphatic heterocycles. The van der Waals surface area contributed by atoms with Crippen LogP contribution in [0.2, 0.25) is 5.02 Å². The average Bonchev–Trinajstić information content (AvgIpc) is 3.02. The van der Waals surface area contributed by atoms with Crippen molar-refractivity contribution in [2.45, 2.75) is 18.6 Å². The Balaban J connectivity index is 1.46. The molecule has 162 valence electrons. The standard InChI is InChI=1S/C25H20ClNO5/c26-19-7-3-1-5-17(19)15-27-20-8-4-2-6-18(20)25(30,24(27)29)14-21(28)16-9-10-22-23(13-16)32-12-11-31-22/h1-10,13,30H,11-12,14-15H2. The first-order valence-corrected chi connectivity index (χ1v) is 10.7. The summed E-state index contributed by atoms with van der Waals surface area (Å²) in [4.78, 5) is 28.0. The number of benzene rings is 3. The van der Waals surface area contributed by atoms with Gasteiger partial charge < -0.3 is 19.5 Å². The van der Waals surface area contributed by atoms with Gasteiger partial charge in [0.1, 0.15) is 13.2 Å². The van der Waals surface area contributed by atoms with Gasteiger partial charge in [0.05, 0.1) is 18.7 Å². The summed E-state index contributed by atoms with van der Waals surface area (Å²) < 4.78 is 11.1. The number of amides is 1. The molecule has 0 saturated heterocycles. The summed E-state index contributed by atoms with van der Waals surface area (Å²) in [5, 5.41) is 12.0. The van der Waals surface area contributed by atoms with Crippen LogP contribution in [-0.4, -0.2) is 30.0 Å². The zero-order chi connectivity index (χ0) is 22.3. The van der Waals surface area contributed by atoms with Crippen molar-refractivity contribution in [1.29, 1.82) is 0 Å². The first-order valence-electron chi connectivity index (χ1n) is 10.3. The predicted octanol–water partition coefficient (Wildman–Crippen LogP) is 4.12. The average molecular weight is 450 g/mol. The molecule has 1 amide bonds. The molecule has 0 aromatic heterocycles. The van der Waals surface area contributed by atoms with E-state index in [1.165, 1.54) is 4.90 Å². The highest BCUT2D eigenvalue weighted by Gasteiger charge is 2.50. The molecule has 1 unspecified atom stereocenters. The minimum atomic E-state index is -1.97. The van der Waals surface area contributed by atoms with Crippen molar-refractivity contribution in [2.24, 2.45) is 0 Å². The Morgan fingerprint density at radius 2 is 1.72 bits per heavy atom. The van der Waals surface area contributed by atoms with Crippen LogP contribution in [-0.2, 0) is 16.9 Å². The zero-order valence-corrected chi connectivity index (χ0v) is 17.8. The summed E-state index contributed by atoms with van der Waals surface area (Å²) in [7, 11) is 0. The SMILES string of the molecule is O=C(CC1(O)C(=O)N(Cc2ccccc2Cl)c2ccccc21)c1ccc2c(c1)OCCO2. The number of aliphatic hydroxyl groups is 1. The van der Waals surface area contributed by atoms with Crippen LogP contribution in [0, 0.1) is 0 Å². The first kappa shape index (κ1) is 20.5. The maximum atomic E-state index is 13.4. The molecule has 3 aromatic carbocycles. The van der Waals surface area contributed by atoms with Crippen LogP contribution in [0.15, 0.2) is 66.7 Å². The van der Waals surface area contributed by atoms with Gasteiger partial charge in [0.25, 0.3) is 5.91 Å². The van der Waals surface area contributed by atoms with Crippen LogP contribution in [0.1, 0.15) is 27.9 Å². The van der Waals surface area contributed by atoms with Crippen molar-refractivity contribution in [3.63, 3.8) is 0 Å². The fraction of sp³-hybridized carbons (Fsp3) is 0.200. The summed E-state index contributed by atoms with van der Waals surface area (Å²) >= 11 is 6.29. The number of ether oxygens (including phenoxy) is 2. The highest BCUT2D eigenvalue weighted by Crippen LogP contribution is 2.44. The van der Waals surface area contributed by atoms with Gasteiger partial charge in [-0.15, -0.1) is 0 Å². The quantitative estimate of drug-likeness (QED) is 0.593. The van der Waals surface area contributed by atoms with E-state index in [0.717, 1.165) is 5.56 Å². The molecule has 2 aliphatic rings. The highest BCUT2D eigenvalue weighted by atomic mass is 35.5. The number of anilines is 1. The van der Waals surface area contributed by atoms with E-state index >= 15 is 0 Å². The third-order valence-electron chi connectivity index (χ3n) is 5.81. The van der Waals surface area contributed by atoms with Crippen molar-refractivity contribution in [1.82, 2.24) is 0 Å². The number of halogens is 1. The van der Waals surface area contributed by atoms with Gasteiger partial charge in [-0.3, -0.25) is 9.59 Å². The van der Waals surface area contributed by atoms with Gasteiger partial charge in [-0.25, -0.2) is 0 Å². The van der Waals surface area contributed by atoms with E-state index in [1.54, 1.807) is 48.5 Å². The van der Waals surface area contributed by atoms with E-state index < -0.39 is 11.5 Å². The second-order valence-electron chi connectivity index (χ2n) is 7.82. The molecule has 0 aliphatic carbocycles. The fourth-order valence-electron chi connectivity index (χ4n) is 4.18. The smallest absolute Gasteiger partial charge is 0.264 e. The van der Waals surface area contributed by atoms with Crippen LogP contribution in [0.25, 0.3) is 0 Å². The van der Waals surface area contributed by atoms with Gasteiger partial charge in [0.15, 0.2) is 22.9 Å². The lowest BCUT2D eigenvalue weighted by atomic mass is 9.88. The van der Waals surface area contributed by atoms with Gasteiger partial charge in [-0.05, 0) is 35.9 Å². The first-order chi connectivity index (χ1) is 15.5. The summed E-state index contributed by atoms with van der Waals surface area (Å²) in [5.74, 6) is 0.129. The summed E-state index contributed by atoms with van der Waals surface area (Å²) in [6, 6.07) is 19.1. The number of carbonyl (C=O) groups excluding carboxylic acids is 2. The van der Waals surface area contributed by atoms with Crippen LogP contribution in [0.5, 0.6) is 11.5 Å². The van der Waals surface area contributed by atoms with E-state index in [0.29, 0.717) is 46.5 Å². The number of carbonyl (C=O) groups is 2. The Morgan fingerprint density at radius 3 is 2.53 bits per heavy atom. The number of hydrogen-bond acceptors (Lipinski definition) is 5. The molecule has 5 rings (SSSR count). The second-order valence-corrected chi connectivity index (χ2v) is 8.23. The largest absolute Gasteiger partial charge is 0.486 e. The summed E-state index contributed by atoms with van der Waals surface area (Å²) in [6.45, 7) is 1.04. The lowest BCUT2D eigenvalue weighted by Crippen LogP contribution is -2.41. The molecule has 1 atom stereocenters. The Kier molecular flexibility index (Phi) is 5.12. The lowest BCUT2D eigenvalue weighted by Gasteiger charge is -2.23. The molecule has 0 fully saturated rings. The highest BCUT2D eigenvalue weighted by molar-refractivity contribution is 6.31. The van der Waals surface area contributed by atoms with Crippen LogP contribution < -0.4 is 14.4 Å². The Hall–Kier alpha value is -3.35. The molecule has 0 radical (unpaired) electrons. The molecule has 7 heteroatoms. The maximum Gasteiger partial charge on any atom is 0.264 e. The number of nitrogens with zero attached hydrogens (tertiary/aromatic N) is 1. The molecular weight excluding hydrogens is 430 g/mol. The molecule has 0 spiro atoms. The van der Waals surface area contributed by atoms with Crippen molar-refractivity contribution in [3.8, 4) is 11.5 Å². The fourth-order valence-corrected chi connectivity index (χ4v) is 4.38. The monoisotopic (exact) mass is 449 g/mol. The van der Waals surface area contributed by atoms with Crippen molar-refractivity contribution in [2.75, 3.05) is 18.1 Å². The van der Waals surface area contributed by atoms with E-state index in [9.17, 15) is 14.7 Å². The third-order valence-corrected chi connectivity index (χ3v) is 6.17. The number of fused-ring (bicyclic) bond motifs is 2. The molecular formula is C25H20ClNO5. The summed E-state index contributed by atoms with van der Waals surface area (Å²) in [5.41, 5.74) is 0.0948. The Bertz CT molecular complexity index is 1230. The maximum absolute atomic E-state index is 13.4. The van der Waals surface area contributed by atoms with Gasteiger partial charge >= 0.3 is 0 Å². The molecule has 32 heavy (non-hydrogen) atoms. The predicted molar refractivity (Wildman–Crippen MR) is 119 cm³/mol. The third kappa shape index (κ3) is 3.42. The molecule has 3 aromatic rings. The van der Waals surface area contributed by atoms with Crippen LogP contribution >= 0.6 is 11.6 Å². The number of ketones is 1. The van der Waals surface area contributed by atoms with Gasteiger partial charge in [-0.1, -0.05) is 48.0 Å². The van der Waals surface area contributed by atoms with E-state index in [-0.39, 0.29) is 18.7 Å². The molecule has 0 bridgehead atoms. The molecule has 2 heterocycles. The number of hydrogen-bond donors (Lipinski definition) is 1. The van der Waals surface area contributed by atoms with Gasteiger partial charge in [0.2, 0.25) is 0 Å². The molecule has 6 nitrogen and oxygen atoms in total. The normalized spacial score (nSPS) is 19.1. The van der Waals surface area contributed by atoms with Crippen LogP contribution in [0.4, 0.5) is 5.69 Å². The van der Waals surface area contributed by atoms with Crippen LogP contribution in [0.3, 0.4) is 0 Å². The Labute approximate surface area is 189 Å². The van der Waals surface area contributed by atoms with Crippen molar-refractivity contribution in [3.05, 3.63) is 88.4 Å². The molecule has 0 saturated carbocycles. The minimum absolute atomic E-state index is 0.191. The minimum Gasteiger partial charge on any atom is -0.486 e. The molecule has 1 N–H and O–H groups in total. The Morgan fingerprint density at radius 1 is 1.00 bits per heavy atom. The summed E-state index contributed by atoms with van der Waals surface area (Å²) in [6.07, 6.45) is -0.387.